The number of rotatable bonds is 5. The topological polar surface area (TPSA) is 97.7 Å². The van der Waals surface area contributed by atoms with Crippen molar-refractivity contribution in [2.24, 2.45) is 5.92 Å². The molecule has 0 radical (unpaired) electrons. The first-order valence-electron chi connectivity index (χ1n) is 8.52. The molecule has 8 heteroatoms. The second-order valence-corrected chi connectivity index (χ2v) is 6.80. The number of carbonyl (C=O) groups excluding carboxylic acids is 1. The smallest absolute Gasteiger partial charge is 0.305 e. The fourth-order valence-electron chi connectivity index (χ4n) is 3.26. The fraction of sp³-hybridized carbons (Fsp3) is 0.316. The van der Waals surface area contributed by atoms with Crippen LogP contribution in [-0.4, -0.2) is 25.3 Å². The van der Waals surface area contributed by atoms with E-state index in [0.29, 0.717) is 22.0 Å². The monoisotopic (exact) mass is 370 g/mol. The second kappa shape index (κ2) is 7.22. The first kappa shape index (κ1) is 18.6. The molecule has 0 saturated heterocycles. The van der Waals surface area contributed by atoms with Crippen LogP contribution in [-0.2, 0) is 11.2 Å². The van der Waals surface area contributed by atoms with Crippen LogP contribution in [0.3, 0.4) is 0 Å². The van der Waals surface area contributed by atoms with Gasteiger partial charge in [-0.3, -0.25) is 14.6 Å². The molecule has 3 heterocycles. The highest BCUT2D eigenvalue weighted by atomic mass is 19.1. The predicted molar refractivity (Wildman–Crippen MR) is 98.1 cm³/mol. The lowest BCUT2D eigenvalue weighted by Gasteiger charge is -2.22. The van der Waals surface area contributed by atoms with Crippen molar-refractivity contribution >= 4 is 16.7 Å². The minimum atomic E-state index is -0.977. The zero-order valence-corrected chi connectivity index (χ0v) is 15.2. The molecular weight excluding hydrogens is 351 g/mol. The molecule has 0 aliphatic heterocycles. The summed E-state index contributed by atoms with van der Waals surface area (Å²) in [6, 6.07) is 1.72. The largest absolute Gasteiger partial charge is 0.329 e. The molecule has 0 bridgehead atoms. The van der Waals surface area contributed by atoms with Gasteiger partial charge in [-0.1, -0.05) is 13.8 Å². The molecule has 0 spiro atoms. The van der Waals surface area contributed by atoms with Crippen molar-refractivity contribution < 1.29 is 9.18 Å². The van der Waals surface area contributed by atoms with Crippen molar-refractivity contribution in [3.05, 3.63) is 68.6 Å². The van der Waals surface area contributed by atoms with Crippen LogP contribution in [0.15, 0.2) is 40.3 Å². The zero-order valence-electron chi connectivity index (χ0n) is 15.2. The lowest BCUT2D eigenvalue weighted by atomic mass is 9.95. The third-order valence-corrected chi connectivity index (χ3v) is 4.44. The Balaban J connectivity index is 2.13. The van der Waals surface area contributed by atoms with Crippen molar-refractivity contribution in [2.75, 3.05) is 0 Å². The number of H-pyrrole nitrogens is 1. The SMILES string of the molecule is Cc1cncc2[nH]c(=O)n([C@H](C(=O)Cc3ccnc(F)c3)C(C)C)c(=O)c12. The Hall–Kier alpha value is -3.16. The standard InChI is InChI=1S/C19H19FN4O3/c1-10(2)17(14(25)6-12-4-5-22-15(20)7-12)24-18(26)16-11(3)8-21-9-13(16)23-19(24)27/h4-5,7-10,17H,6H2,1-3H3,(H,23,27)/t17-/m0/s1. The van der Waals surface area contributed by atoms with Crippen LogP contribution >= 0.6 is 0 Å². The summed E-state index contributed by atoms with van der Waals surface area (Å²) in [6.07, 6.45) is 4.09. The second-order valence-electron chi connectivity index (χ2n) is 6.80. The molecule has 0 unspecified atom stereocenters. The molecule has 3 rings (SSSR count). The molecule has 1 atom stereocenters. The molecule has 3 aromatic heterocycles. The molecule has 0 amide bonds. The Morgan fingerprint density at radius 3 is 2.70 bits per heavy atom. The van der Waals surface area contributed by atoms with Gasteiger partial charge in [-0.15, -0.1) is 0 Å². The van der Waals surface area contributed by atoms with E-state index in [-0.39, 0.29) is 18.1 Å². The number of pyridine rings is 2. The van der Waals surface area contributed by atoms with Gasteiger partial charge in [-0.2, -0.15) is 4.39 Å². The van der Waals surface area contributed by atoms with Crippen molar-refractivity contribution in [3.63, 3.8) is 0 Å². The number of Topliss-reactive ketones (excluding diaryl/α,β-unsaturated/α-hetero) is 1. The van der Waals surface area contributed by atoms with E-state index in [0.717, 1.165) is 4.57 Å². The summed E-state index contributed by atoms with van der Waals surface area (Å²) in [6.45, 7) is 5.22. The maximum absolute atomic E-state index is 13.3. The molecule has 27 heavy (non-hydrogen) atoms. The van der Waals surface area contributed by atoms with E-state index in [9.17, 15) is 18.8 Å². The molecule has 3 aromatic rings. The van der Waals surface area contributed by atoms with E-state index in [2.05, 4.69) is 15.0 Å². The molecular formula is C19H19FN4O3. The summed E-state index contributed by atoms with van der Waals surface area (Å²) >= 11 is 0. The number of ketones is 1. The molecule has 0 aromatic carbocycles. The van der Waals surface area contributed by atoms with Gasteiger partial charge in [0.2, 0.25) is 5.95 Å². The summed E-state index contributed by atoms with van der Waals surface area (Å²) in [5, 5.41) is 0.318. The van der Waals surface area contributed by atoms with E-state index >= 15 is 0 Å². The average Bonchev–Trinajstić information content (AvgIpc) is 2.57. The summed E-state index contributed by atoms with van der Waals surface area (Å²) in [7, 11) is 0. The van der Waals surface area contributed by atoms with E-state index < -0.39 is 23.2 Å². The number of halogens is 1. The number of aryl methyl sites for hydroxylation is 1. The minimum absolute atomic E-state index is 0.110. The normalized spacial score (nSPS) is 12.5. The number of fused-ring (bicyclic) bond motifs is 1. The number of nitrogens with zero attached hydrogens (tertiary/aromatic N) is 3. The fourth-order valence-corrected chi connectivity index (χ4v) is 3.26. The first-order valence-corrected chi connectivity index (χ1v) is 8.52. The quantitative estimate of drug-likeness (QED) is 0.692. The van der Waals surface area contributed by atoms with Crippen LogP contribution in [0, 0.1) is 18.8 Å². The Bertz CT molecular complexity index is 1130. The lowest BCUT2D eigenvalue weighted by Crippen LogP contribution is -2.43. The minimum Gasteiger partial charge on any atom is -0.305 e. The Morgan fingerprint density at radius 2 is 2.04 bits per heavy atom. The van der Waals surface area contributed by atoms with Crippen molar-refractivity contribution in [1.29, 1.82) is 0 Å². The Kier molecular flexibility index (Phi) is 4.98. The molecule has 0 aliphatic rings. The Labute approximate surface area is 153 Å². The maximum atomic E-state index is 13.3. The first-order chi connectivity index (χ1) is 12.8. The Morgan fingerprint density at radius 1 is 1.30 bits per heavy atom. The summed E-state index contributed by atoms with van der Waals surface area (Å²) < 4.78 is 14.3. The summed E-state index contributed by atoms with van der Waals surface area (Å²) in [5.41, 5.74) is 0.152. The number of hydrogen-bond donors (Lipinski definition) is 1. The van der Waals surface area contributed by atoms with Gasteiger partial charge in [-0.05, 0) is 36.1 Å². The van der Waals surface area contributed by atoms with E-state index in [1.165, 1.54) is 30.7 Å². The van der Waals surface area contributed by atoms with Gasteiger partial charge >= 0.3 is 5.69 Å². The highest BCUT2D eigenvalue weighted by molar-refractivity contribution is 5.86. The maximum Gasteiger partial charge on any atom is 0.329 e. The van der Waals surface area contributed by atoms with Crippen molar-refractivity contribution in [3.8, 4) is 0 Å². The predicted octanol–water partition coefficient (Wildman–Crippen LogP) is 1.94. The van der Waals surface area contributed by atoms with Crippen LogP contribution < -0.4 is 11.2 Å². The number of carbonyl (C=O) groups is 1. The average molecular weight is 370 g/mol. The van der Waals surface area contributed by atoms with Gasteiger partial charge in [0.15, 0.2) is 5.78 Å². The number of hydrogen-bond acceptors (Lipinski definition) is 5. The zero-order chi connectivity index (χ0) is 19.7. The van der Waals surface area contributed by atoms with Crippen LogP contribution in [0.25, 0.3) is 10.9 Å². The van der Waals surface area contributed by atoms with Gasteiger partial charge in [0.05, 0.1) is 17.1 Å². The van der Waals surface area contributed by atoms with Crippen LogP contribution in [0.2, 0.25) is 0 Å². The van der Waals surface area contributed by atoms with Gasteiger partial charge in [0, 0.05) is 18.8 Å². The van der Waals surface area contributed by atoms with Crippen molar-refractivity contribution in [2.45, 2.75) is 33.2 Å². The van der Waals surface area contributed by atoms with Crippen molar-refractivity contribution in [1.82, 2.24) is 19.5 Å². The van der Waals surface area contributed by atoms with Crippen LogP contribution in [0.1, 0.15) is 31.0 Å². The molecule has 0 aliphatic carbocycles. The van der Waals surface area contributed by atoms with E-state index in [1.54, 1.807) is 20.8 Å². The molecule has 0 fully saturated rings. The van der Waals surface area contributed by atoms with E-state index in [4.69, 9.17) is 0 Å². The number of aromatic nitrogens is 4. The molecule has 140 valence electrons. The highest BCUT2D eigenvalue weighted by Gasteiger charge is 2.28. The van der Waals surface area contributed by atoms with Gasteiger partial charge < -0.3 is 4.98 Å². The van der Waals surface area contributed by atoms with Gasteiger partial charge in [-0.25, -0.2) is 14.3 Å². The highest BCUT2D eigenvalue weighted by Crippen LogP contribution is 2.19. The summed E-state index contributed by atoms with van der Waals surface area (Å²) in [5.74, 6) is -1.36. The lowest BCUT2D eigenvalue weighted by molar-refractivity contribution is -0.122. The van der Waals surface area contributed by atoms with Gasteiger partial charge in [0.1, 0.15) is 6.04 Å². The van der Waals surface area contributed by atoms with Crippen LogP contribution in [0.4, 0.5) is 4.39 Å². The number of aromatic amines is 1. The summed E-state index contributed by atoms with van der Waals surface area (Å²) in [4.78, 5) is 48.6. The number of nitrogens with one attached hydrogen (secondary N) is 1. The third kappa shape index (κ3) is 3.55. The van der Waals surface area contributed by atoms with Gasteiger partial charge in [0.25, 0.3) is 5.56 Å². The molecule has 0 saturated carbocycles. The molecule has 1 N–H and O–H groups in total. The van der Waals surface area contributed by atoms with E-state index in [1.807, 2.05) is 0 Å². The van der Waals surface area contributed by atoms with Crippen LogP contribution in [0.5, 0.6) is 0 Å². The molecule has 7 nitrogen and oxygen atoms in total. The third-order valence-electron chi connectivity index (χ3n) is 4.44.